The number of hydrogen-bond acceptors (Lipinski definition) is 7. The zero-order valence-corrected chi connectivity index (χ0v) is 18.3. The number of carbonyl (C=O) groups excluding carboxylic acids is 1. The van der Waals surface area contributed by atoms with Crippen LogP contribution in [0.15, 0.2) is 30.5 Å². The van der Waals surface area contributed by atoms with E-state index in [0.29, 0.717) is 50.5 Å². The number of halogens is 1. The molecule has 2 unspecified atom stereocenters. The summed E-state index contributed by atoms with van der Waals surface area (Å²) >= 11 is 0. The van der Waals surface area contributed by atoms with Crippen molar-refractivity contribution in [2.24, 2.45) is 0 Å². The summed E-state index contributed by atoms with van der Waals surface area (Å²) in [6.45, 7) is 3.22. The smallest absolute Gasteiger partial charge is 0.318 e. The van der Waals surface area contributed by atoms with Crippen molar-refractivity contribution >= 4 is 12.0 Å². The fraction of sp³-hybridized carbons (Fsp3) is 0.522. The molecule has 2 atom stereocenters. The Bertz CT molecular complexity index is 970. The van der Waals surface area contributed by atoms with Gasteiger partial charge in [-0.05, 0) is 49.1 Å². The average Bonchev–Trinajstić information content (AvgIpc) is 3.27. The van der Waals surface area contributed by atoms with E-state index in [-0.39, 0.29) is 24.0 Å². The van der Waals surface area contributed by atoms with Crippen LogP contribution in [0.4, 0.5) is 15.1 Å². The Labute approximate surface area is 191 Å². The minimum Gasteiger partial charge on any atom is -0.486 e. The number of aromatic nitrogens is 2. The van der Waals surface area contributed by atoms with Crippen LogP contribution in [0.5, 0.6) is 5.75 Å². The third-order valence-corrected chi connectivity index (χ3v) is 6.23. The first-order valence-corrected chi connectivity index (χ1v) is 11.4. The summed E-state index contributed by atoms with van der Waals surface area (Å²) in [5.74, 6) is 0.814. The number of urea groups is 1. The summed E-state index contributed by atoms with van der Waals surface area (Å²) in [5, 5.41) is 6.42. The predicted octanol–water partition coefficient (Wildman–Crippen LogP) is 2.12. The van der Waals surface area contributed by atoms with E-state index in [0.717, 1.165) is 37.3 Å². The molecule has 5 rings (SSSR count). The fourth-order valence-electron chi connectivity index (χ4n) is 4.29. The van der Waals surface area contributed by atoms with Crippen molar-refractivity contribution in [1.29, 1.82) is 0 Å². The molecule has 0 spiro atoms. The minimum atomic E-state index is -0.339. The van der Waals surface area contributed by atoms with Crippen molar-refractivity contribution in [2.75, 3.05) is 38.3 Å². The number of amides is 2. The summed E-state index contributed by atoms with van der Waals surface area (Å²) in [6.07, 6.45) is 4.08. The van der Waals surface area contributed by atoms with Crippen LogP contribution in [0.1, 0.15) is 24.1 Å². The highest BCUT2D eigenvalue weighted by Crippen LogP contribution is 2.21. The van der Waals surface area contributed by atoms with E-state index in [1.54, 1.807) is 17.0 Å². The Morgan fingerprint density at radius 1 is 1.15 bits per heavy atom. The number of nitrogens with one attached hydrogen (secondary N) is 2. The molecule has 0 saturated carbocycles. The number of carbonyl (C=O) groups is 1. The SMILES string of the molecule is O=C(NC1COCC1Oc1ccc(F)cc1)N1CCc2cnc(NC3CCOCC3)nc2C1. The van der Waals surface area contributed by atoms with Crippen molar-refractivity contribution in [3.05, 3.63) is 47.5 Å². The van der Waals surface area contributed by atoms with Gasteiger partial charge in [-0.25, -0.2) is 19.2 Å². The second-order valence-electron chi connectivity index (χ2n) is 8.57. The van der Waals surface area contributed by atoms with E-state index in [4.69, 9.17) is 14.2 Å². The molecular formula is C23H28FN5O4. The fourth-order valence-corrected chi connectivity index (χ4v) is 4.29. The topological polar surface area (TPSA) is 97.8 Å². The van der Waals surface area contributed by atoms with Gasteiger partial charge in [0.15, 0.2) is 0 Å². The first-order chi connectivity index (χ1) is 16.1. The molecule has 3 aliphatic rings. The Morgan fingerprint density at radius 3 is 2.79 bits per heavy atom. The maximum atomic E-state index is 13.1. The number of ether oxygens (including phenoxy) is 3. The average molecular weight is 458 g/mol. The van der Waals surface area contributed by atoms with Gasteiger partial charge in [-0.1, -0.05) is 0 Å². The number of benzene rings is 1. The van der Waals surface area contributed by atoms with Gasteiger partial charge in [-0.2, -0.15) is 0 Å². The van der Waals surface area contributed by atoms with Crippen LogP contribution in [-0.4, -0.2) is 72.1 Å². The van der Waals surface area contributed by atoms with Crippen LogP contribution in [0, 0.1) is 5.82 Å². The number of rotatable bonds is 5. The zero-order chi connectivity index (χ0) is 22.6. The third-order valence-electron chi connectivity index (χ3n) is 6.23. The molecule has 2 amide bonds. The first-order valence-electron chi connectivity index (χ1n) is 11.4. The van der Waals surface area contributed by atoms with E-state index in [9.17, 15) is 9.18 Å². The maximum absolute atomic E-state index is 13.1. The number of anilines is 1. The lowest BCUT2D eigenvalue weighted by molar-refractivity contribution is 0.0903. The second kappa shape index (κ2) is 9.88. The zero-order valence-electron chi connectivity index (χ0n) is 18.3. The molecular weight excluding hydrogens is 429 g/mol. The molecule has 10 heteroatoms. The number of hydrogen-bond donors (Lipinski definition) is 2. The van der Waals surface area contributed by atoms with Gasteiger partial charge in [-0.15, -0.1) is 0 Å². The van der Waals surface area contributed by atoms with Crippen molar-refractivity contribution in [3.63, 3.8) is 0 Å². The molecule has 2 saturated heterocycles. The van der Waals surface area contributed by atoms with Crippen LogP contribution >= 0.6 is 0 Å². The van der Waals surface area contributed by atoms with E-state index >= 15 is 0 Å². The molecule has 2 aromatic rings. The van der Waals surface area contributed by atoms with E-state index < -0.39 is 0 Å². The molecule has 3 aliphatic heterocycles. The van der Waals surface area contributed by atoms with Crippen LogP contribution in [-0.2, 0) is 22.4 Å². The van der Waals surface area contributed by atoms with Gasteiger partial charge >= 0.3 is 6.03 Å². The molecule has 2 fully saturated rings. The lowest BCUT2D eigenvalue weighted by atomic mass is 10.1. The summed E-state index contributed by atoms with van der Waals surface area (Å²) in [5.41, 5.74) is 1.93. The van der Waals surface area contributed by atoms with Crippen LogP contribution in [0.25, 0.3) is 0 Å². The van der Waals surface area contributed by atoms with Gasteiger partial charge in [0.25, 0.3) is 0 Å². The molecule has 4 heterocycles. The predicted molar refractivity (Wildman–Crippen MR) is 118 cm³/mol. The van der Waals surface area contributed by atoms with E-state index in [1.165, 1.54) is 12.1 Å². The Kier molecular flexibility index (Phi) is 6.54. The van der Waals surface area contributed by atoms with Gasteiger partial charge in [0.2, 0.25) is 5.95 Å². The Morgan fingerprint density at radius 2 is 1.97 bits per heavy atom. The van der Waals surface area contributed by atoms with Gasteiger partial charge in [0.1, 0.15) is 17.7 Å². The molecule has 1 aromatic carbocycles. The molecule has 2 N–H and O–H groups in total. The highest BCUT2D eigenvalue weighted by molar-refractivity contribution is 5.75. The van der Waals surface area contributed by atoms with Crippen molar-refractivity contribution < 1.29 is 23.4 Å². The monoisotopic (exact) mass is 457 g/mol. The van der Waals surface area contributed by atoms with Crippen molar-refractivity contribution in [2.45, 2.75) is 44.0 Å². The molecule has 0 bridgehead atoms. The molecule has 1 aromatic heterocycles. The van der Waals surface area contributed by atoms with Gasteiger partial charge in [0, 0.05) is 32.0 Å². The largest absolute Gasteiger partial charge is 0.486 e. The summed E-state index contributed by atoms with van der Waals surface area (Å²) in [7, 11) is 0. The Balaban J connectivity index is 1.18. The standard InChI is InChI=1S/C23H28FN5O4/c24-16-1-3-18(4-2-16)33-21-14-32-13-20(21)28-23(30)29-8-5-15-11-25-22(27-19(15)12-29)26-17-6-9-31-10-7-17/h1-4,11,17,20-21H,5-10,12-14H2,(H,28,30)(H,25,26,27). The van der Waals surface area contributed by atoms with E-state index in [2.05, 4.69) is 20.6 Å². The summed E-state index contributed by atoms with van der Waals surface area (Å²) < 4.78 is 30.0. The van der Waals surface area contributed by atoms with Crippen LogP contribution in [0.3, 0.4) is 0 Å². The van der Waals surface area contributed by atoms with Crippen LogP contribution in [0.2, 0.25) is 0 Å². The van der Waals surface area contributed by atoms with Crippen molar-refractivity contribution in [1.82, 2.24) is 20.2 Å². The first kappa shape index (κ1) is 21.8. The summed E-state index contributed by atoms with van der Waals surface area (Å²) in [6, 6.07) is 5.66. The molecule has 0 radical (unpaired) electrons. The highest BCUT2D eigenvalue weighted by Gasteiger charge is 2.33. The van der Waals surface area contributed by atoms with E-state index in [1.807, 2.05) is 6.20 Å². The molecule has 33 heavy (non-hydrogen) atoms. The number of nitrogens with zero attached hydrogens (tertiary/aromatic N) is 3. The Hall–Kier alpha value is -2.98. The van der Waals surface area contributed by atoms with Gasteiger partial charge in [0.05, 0.1) is 31.5 Å². The minimum absolute atomic E-state index is 0.179. The summed E-state index contributed by atoms with van der Waals surface area (Å²) in [4.78, 5) is 23.9. The number of fused-ring (bicyclic) bond motifs is 1. The maximum Gasteiger partial charge on any atom is 0.318 e. The van der Waals surface area contributed by atoms with Gasteiger partial charge < -0.3 is 29.7 Å². The lowest BCUT2D eigenvalue weighted by Gasteiger charge is -2.30. The third kappa shape index (κ3) is 5.33. The quantitative estimate of drug-likeness (QED) is 0.710. The van der Waals surface area contributed by atoms with Gasteiger partial charge in [-0.3, -0.25) is 0 Å². The molecule has 9 nitrogen and oxygen atoms in total. The van der Waals surface area contributed by atoms with Crippen LogP contribution < -0.4 is 15.4 Å². The molecule has 176 valence electrons. The highest BCUT2D eigenvalue weighted by atomic mass is 19.1. The lowest BCUT2D eigenvalue weighted by Crippen LogP contribution is -2.51. The molecule has 0 aliphatic carbocycles. The van der Waals surface area contributed by atoms with Crippen molar-refractivity contribution in [3.8, 4) is 5.75 Å². The second-order valence-corrected chi connectivity index (χ2v) is 8.57. The normalized spacial score (nSPS) is 23.1.